The van der Waals surface area contributed by atoms with E-state index in [1.165, 1.54) is 0 Å². The highest BCUT2D eigenvalue weighted by Gasteiger charge is 2.32. The lowest BCUT2D eigenvalue weighted by molar-refractivity contribution is -0.125. The summed E-state index contributed by atoms with van der Waals surface area (Å²) >= 11 is 1.62. The molecule has 4 aromatic rings. The Kier molecular flexibility index (Phi) is 5.00. The molecule has 0 radical (unpaired) electrons. The quantitative estimate of drug-likeness (QED) is 0.432. The lowest BCUT2D eigenvalue weighted by atomic mass is 10.1. The number of nitrogens with zero attached hydrogens (tertiary/aromatic N) is 3. The first-order valence-electron chi connectivity index (χ1n) is 10.2. The molecule has 0 saturated carbocycles. The normalized spacial score (nSPS) is 15.5. The van der Waals surface area contributed by atoms with E-state index in [1.54, 1.807) is 24.5 Å². The Morgan fingerprint density at radius 1 is 1.06 bits per heavy atom. The van der Waals surface area contributed by atoms with Crippen LogP contribution in [-0.2, 0) is 11.3 Å². The minimum Gasteiger partial charge on any atom is -0.479 e. The molecule has 31 heavy (non-hydrogen) atoms. The van der Waals surface area contributed by atoms with Crippen molar-refractivity contribution >= 4 is 22.9 Å². The third-order valence-corrected chi connectivity index (χ3v) is 6.30. The highest BCUT2D eigenvalue weighted by molar-refractivity contribution is 7.15. The van der Waals surface area contributed by atoms with Gasteiger partial charge in [-0.1, -0.05) is 36.4 Å². The van der Waals surface area contributed by atoms with E-state index in [4.69, 9.17) is 9.72 Å². The van der Waals surface area contributed by atoms with Crippen LogP contribution in [0.3, 0.4) is 0 Å². The number of benzene rings is 2. The second-order valence-corrected chi connectivity index (χ2v) is 8.69. The van der Waals surface area contributed by atoms with E-state index in [0.29, 0.717) is 12.3 Å². The summed E-state index contributed by atoms with van der Waals surface area (Å²) in [7, 11) is 0. The van der Waals surface area contributed by atoms with E-state index >= 15 is 0 Å². The number of ether oxygens (including phenoxy) is 1. The van der Waals surface area contributed by atoms with Crippen molar-refractivity contribution in [3.63, 3.8) is 0 Å². The van der Waals surface area contributed by atoms with Gasteiger partial charge < -0.3 is 9.64 Å². The van der Waals surface area contributed by atoms with Gasteiger partial charge in [-0.05, 0) is 49.7 Å². The van der Waals surface area contributed by atoms with Gasteiger partial charge in [0.2, 0.25) is 0 Å². The van der Waals surface area contributed by atoms with Crippen LogP contribution in [0.15, 0.2) is 72.9 Å². The van der Waals surface area contributed by atoms with Crippen LogP contribution < -0.4 is 9.64 Å². The second kappa shape index (κ2) is 7.96. The highest BCUT2D eigenvalue weighted by Crippen LogP contribution is 2.40. The van der Waals surface area contributed by atoms with E-state index in [-0.39, 0.29) is 5.91 Å². The maximum Gasteiger partial charge on any atom is 0.268 e. The maximum absolute atomic E-state index is 13.0. The molecule has 3 heterocycles. The Labute approximate surface area is 185 Å². The standard InChI is InChI=1S/C25H21N3O2S/c1-16-25(29)28(15-18-8-4-3-5-9-18)21-14-19(11-12-22(21)30-16)23-17(2)31-24(27-23)20-10-6-7-13-26-20/h3-14,16H,15H2,1-2H3. The Bertz CT molecular complexity index is 1240. The molecule has 1 amide bonds. The molecule has 5 rings (SSSR count). The van der Waals surface area contributed by atoms with Crippen molar-refractivity contribution in [3.05, 3.63) is 83.4 Å². The zero-order valence-corrected chi connectivity index (χ0v) is 18.1. The average Bonchev–Trinajstić information content (AvgIpc) is 3.19. The summed E-state index contributed by atoms with van der Waals surface area (Å²) in [5.74, 6) is 0.669. The summed E-state index contributed by atoms with van der Waals surface area (Å²) in [4.78, 5) is 25.2. The number of hydrogen-bond donors (Lipinski definition) is 0. The van der Waals surface area contributed by atoms with Crippen LogP contribution >= 0.6 is 11.3 Å². The number of hydrogen-bond acceptors (Lipinski definition) is 5. The maximum atomic E-state index is 13.0. The van der Waals surface area contributed by atoms with Gasteiger partial charge in [0.15, 0.2) is 6.10 Å². The Balaban J connectivity index is 1.55. The van der Waals surface area contributed by atoms with E-state index in [9.17, 15) is 4.79 Å². The molecular weight excluding hydrogens is 406 g/mol. The zero-order valence-electron chi connectivity index (χ0n) is 17.3. The number of amides is 1. The fraction of sp³-hybridized carbons (Fsp3) is 0.160. The second-order valence-electron chi connectivity index (χ2n) is 7.49. The Hall–Kier alpha value is -3.51. The minimum absolute atomic E-state index is 0.0438. The lowest BCUT2D eigenvalue weighted by Crippen LogP contribution is -2.44. The molecule has 0 bridgehead atoms. The van der Waals surface area contributed by atoms with Gasteiger partial charge in [-0.2, -0.15) is 0 Å². The van der Waals surface area contributed by atoms with Gasteiger partial charge in [0.05, 0.1) is 23.6 Å². The molecule has 154 valence electrons. The smallest absolute Gasteiger partial charge is 0.268 e. The first kappa shape index (κ1) is 19.5. The predicted molar refractivity (Wildman–Crippen MR) is 123 cm³/mol. The molecule has 0 spiro atoms. The number of aryl methyl sites for hydroxylation is 1. The fourth-order valence-electron chi connectivity index (χ4n) is 3.75. The number of anilines is 1. The van der Waals surface area contributed by atoms with Crippen molar-refractivity contribution in [1.29, 1.82) is 0 Å². The molecule has 5 nitrogen and oxygen atoms in total. The number of carbonyl (C=O) groups is 1. The van der Waals surface area contributed by atoms with Crippen molar-refractivity contribution in [1.82, 2.24) is 9.97 Å². The first-order valence-corrected chi connectivity index (χ1v) is 11.0. The van der Waals surface area contributed by atoms with Crippen molar-refractivity contribution in [2.24, 2.45) is 0 Å². The molecule has 2 aromatic carbocycles. The van der Waals surface area contributed by atoms with Crippen LogP contribution in [0.1, 0.15) is 17.4 Å². The van der Waals surface area contributed by atoms with Crippen LogP contribution in [0.25, 0.3) is 22.0 Å². The third kappa shape index (κ3) is 3.70. The van der Waals surface area contributed by atoms with Crippen LogP contribution in [0.4, 0.5) is 5.69 Å². The Morgan fingerprint density at radius 3 is 2.65 bits per heavy atom. The molecular formula is C25H21N3O2S. The number of thiazole rings is 1. The predicted octanol–water partition coefficient (Wildman–Crippen LogP) is 5.49. The van der Waals surface area contributed by atoms with E-state index in [1.807, 2.05) is 71.6 Å². The molecule has 0 saturated heterocycles. The third-order valence-electron chi connectivity index (χ3n) is 5.30. The molecule has 1 aliphatic heterocycles. The van der Waals surface area contributed by atoms with Gasteiger partial charge in [-0.15, -0.1) is 11.3 Å². The number of aromatic nitrogens is 2. The van der Waals surface area contributed by atoms with Gasteiger partial charge in [-0.25, -0.2) is 4.98 Å². The van der Waals surface area contributed by atoms with E-state index < -0.39 is 6.10 Å². The number of pyridine rings is 1. The number of rotatable bonds is 4. The fourth-order valence-corrected chi connectivity index (χ4v) is 4.66. The van der Waals surface area contributed by atoms with Crippen molar-refractivity contribution in [2.75, 3.05) is 4.90 Å². The zero-order chi connectivity index (χ0) is 21.4. The summed E-state index contributed by atoms with van der Waals surface area (Å²) in [5.41, 5.74) is 4.57. The summed E-state index contributed by atoms with van der Waals surface area (Å²) in [5, 5.41) is 0.882. The molecule has 1 aliphatic rings. The van der Waals surface area contributed by atoms with E-state index in [2.05, 4.69) is 11.9 Å². The topological polar surface area (TPSA) is 55.3 Å². The van der Waals surface area contributed by atoms with Gasteiger partial charge in [0, 0.05) is 16.6 Å². The van der Waals surface area contributed by atoms with E-state index in [0.717, 1.165) is 38.1 Å². The SMILES string of the molecule is Cc1sc(-c2ccccn2)nc1-c1ccc2c(c1)N(Cc1ccccc1)C(=O)C(C)O2. The largest absolute Gasteiger partial charge is 0.479 e. The minimum atomic E-state index is -0.515. The summed E-state index contributed by atoms with van der Waals surface area (Å²) < 4.78 is 5.89. The summed E-state index contributed by atoms with van der Waals surface area (Å²) in [6.45, 7) is 4.35. The van der Waals surface area contributed by atoms with Crippen molar-refractivity contribution < 1.29 is 9.53 Å². The number of fused-ring (bicyclic) bond motifs is 1. The summed E-state index contributed by atoms with van der Waals surface area (Å²) in [6.07, 6.45) is 1.26. The van der Waals surface area contributed by atoms with Crippen molar-refractivity contribution in [3.8, 4) is 27.7 Å². The monoisotopic (exact) mass is 427 g/mol. The molecule has 1 atom stereocenters. The van der Waals surface area contributed by atoms with Crippen LogP contribution in [0.5, 0.6) is 5.75 Å². The van der Waals surface area contributed by atoms with Crippen LogP contribution in [-0.4, -0.2) is 22.0 Å². The van der Waals surface area contributed by atoms with Gasteiger partial charge >= 0.3 is 0 Å². The molecule has 0 fully saturated rings. The average molecular weight is 428 g/mol. The molecule has 1 unspecified atom stereocenters. The van der Waals surface area contributed by atoms with Crippen LogP contribution in [0, 0.1) is 6.92 Å². The van der Waals surface area contributed by atoms with Crippen molar-refractivity contribution in [2.45, 2.75) is 26.5 Å². The van der Waals surface area contributed by atoms with Crippen LogP contribution in [0.2, 0.25) is 0 Å². The Morgan fingerprint density at radius 2 is 1.87 bits per heavy atom. The molecule has 0 aliphatic carbocycles. The highest BCUT2D eigenvalue weighted by atomic mass is 32.1. The summed E-state index contributed by atoms with van der Waals surface area (Å²) in [6, 6.07) is 21.8. The van der Waals surface area contributed by atoms with Gasteiger partial charge in [0.1, 0.15) is 10.8 Å². The first-order chi connectivity index (χ1) is 15.1. The van der Waals surface area contributed by atoms with Gasteiger partial charge in [-0.3, -0.25) is 9.78 Å². The lowest BCUT2D eigenvalue weighted by Gasteiger charge is -2.33. The number of carbonyl (C=O) groups excluding carboxylic acids is 1. The molecule has 2 aromatic heterocycles. The molecule has 0 N–H and O–H groups in total. The van der Waals surface area contributed by atoms with Gasteiger partial charge in [0.25, 0.3) is 5.91 Å². The molecule has 6 heteroatoms.